The Hall–Kier alpha value is -1.71. The summed E-state index contributed by atoms with van der Waals surface area (Å²) in [5.74, 6) is -0.886. The molecular formula is C19H19ClFNO. The van der Waals surface area contributed by atoms with E-state index in [9.17, 15) is 9.18 Å². The maximum absolute atomic E-state index is 13.9. The van der Waals surface area contributed by atoms with Crippen molar-refractivity contribution < 1.29 is 9.18 Å². The van der Waals surface area contributed by atoms with Gasteiger partial charge in [-0.15, -0.1) is 0 Å². The normalized spacial score (nSPS) is 15.6. The van der Waals surface area contributed by atoms with E-state index in [0.717, 1.165) is 25.2 Å². The molecule has 4 heteroatoms. The molecule has 0 radical (unpaired) electrons. The van der Waals surface area contributed by atoms with Crippen LogP contribution in [0, 0.1) is 5.82 Å². The summed E-state index contributed by atoms with van der Waals surface area (Å²) in [4.78, 5) is 14.9. The Balaban J connectivity index is 1.79. The van der Waals surface area contributed by atoms with Crippen molar-refractivity contribution in [2.45, 2.75) is 25.8 Å². The first-order chi connectivity index (χ1) is 11.1. The number of ketones is 1. The third-order valence-electron chi connectivity index (χ3n) is 4.22. The first-order valence-electron chi connectivity index (χ1n) is 7.94. The summed E-state index contributed by atoms with van der Waals surface area (Å²) in [5.41, 5.74) is 1.66. The van der Waals surface area contributed by atoms with E-state index in [1.54, 1.807) is 6.07 Å². The number of piperidine rings is 1. The zero-order valence-electron chi connectivity index (χ0n) is 12.9. The standard InChI is InChI=1S/C19H19ClFNO/c20-16-7-8-17(18(21)12-16)19(23)15-6-4-5-14(11-15)13-22-9-2-1-3-10-22/h4-8,11-12H,1-3,9-10,13H2. The van der Waals surface area contributed by atoms with Crippen molar-refractivity contribution in [3.63, 3.8) is 0 Å². The van der Waals surface area contributed by atoms with Crippen LogP contribution in [0.5, 0.6) is 0 Å². The highest BCUT2D eigenvalue weighted by molar-refractivity contribution is 6.30. The molecule has 0 bridgehead atoms. The van der Waals surface area contributed by atoms with Gasteiger partial charge >= 0.3 is 0 Å². The second kappa shape index (κ2) is 7.24. The molecule has 1 aliphatic heterocycles. The number of halogens is 2. The Morgan fingerprint density at radius 2 is 1.87 bits per heavy atom. The molecular weight excluding hydrogens is 313 g/mol. The van der Waals surface area contributed by atoms with Crippen LogP contribution in [0.25, 0.3) is 0 Å². The van der Waals surface area contributed by atoms with Gasteiger partial charge in [0.2, 0.25) is 0 Å². The lowest BCUT2D eigenvalue weighted by atomic mass is 10.0. The highest BCUT2D eigenvalue weighted by Gasteiger charge is 2.16. The predicted octanol–water partition coefficient (Wildman–Crippen LogP) is 4.70. The number of carbonyl (C=O) groups is 1. The van der Waals surface area contributed by atoms with Crippen LogP contribution in [0.4, 0.5) is 4.39 Å². The van der Waals surface area contributed by atoms with E-state index in [-0.39, 0.29) is 16.4 Å². The summed E-state index contributed by atoms with van der Waals surface area (Å²) in [5, 5.41) is 0.290. The first kappa shape index (κ1) is 16.2. The summed E-state index contributed by atoms with van der Waals surface area (Å²) in [6.45, 7) is 3.04. The van der Waals surface area contributed by atoms with Crippen LogP contribution in [-0.4, -0.2) is 23.8 Å². The van der Waals surface area contributed by atoms with E-state index in [1.165, 1.54) is 37.5 Å². The minimum Gasteiger partial charge on any atom is -0.299 e. The van der Waals surface area contributed by atoms with Gasteiger partial charge < -0.3 is 0 Å². The second-order valence-electron chi connectivity index (χ2n) is 5.99. The van der Waals surface area contributed by atoms with Crippen LogP contribution >= 0.6 is 11.6 Å². The van der Waals surface area contributed by atoms with Gasteiger partial charge in [0.1, 0.15) is 5.82 Å². The Morgan fingerprint density at radius 1 is 1.09 bits per heavy atom. The Kier molecular flexibility index (Phi) is 5.09. The van der Waals surface area contributed by atoms with Crippen LogP contribution in [0.15, 0.2) is 42.5 Å². The maximum atomic E-state index is 13.9. The van der Waals surface area contributed by atoms with Gasteiger partial charge in [-0.2, -0.15) is 0 Å². The Bertz CT molecular complexity index is 710. The van der Waals surface area contributed by atoms with Crippen molar-refractivity contribution in [3.8, 4) is 0 Å². The molecule has 1 saturated heterocycles. The third kappa shape index (κ3) is 3.98. The summed E-state index contributed by atoms with van der Waals surface area (Å²) >= 11 is 5.74. The topological polar surface area (TPSA) is 20.3 Å². The van der Waals surface area contributed by atoms with Gasteiger partial charge in [-0.25, -0.2) is 4.39 Å². The van der Waals surface area contributed by atoms with Gasteiger partial charge in [-0.05, 0) is 55.8 Å². The summed E-state index contributed by atoms with van der Waals surface area (Å²) in [6, 6.07) is 11.6. The van der Waals surface area contributed by atoms with E-state index < -0.39 is 5.82 Å². The van der Waals surface area contributed by atoms with Crippen molar-refractivity contribution in [1.82, 2.24) is 4.90 Å². The van der Waals surface area contributed by atoms with Crippen molar-refractivity contribution >= 4 is 17.4 Å². The lowest BCUT2D eigenvalue weighted by Crippen LogP contribution is -2.29. The predicted molar refractivity (Wildman–Crippen MR) is 90.4 cm³/mol. The number of rotatable bonds is 4. The van der Waals surface area contributed by atoms with Crippen LogP contribution in [0.2, 0.25) is 5.02 Å². The zero-order valence-corrected chi connectivity index (χ0v) is 13.7. The van der Waals surface area contributed by atoms with Crippen molar-refractivity contribution in [2.75, 3.05) is 13.1 Å². The quantitative estimate of drug-likeness (QED) is 0.757. The molecule has 0 atom stereocenters. The SMILES string of the molecule is O=C(c1cccc(CN2CCCCC2)c1)c1ccc(Cl)cc1F. The highest BCUT2D eigenvalue weighted by atomic mass is 35.5. The number of likely N-dealkylation sites (tertiary alicyclic amines) is 1. The van der Waals surface area contributed by atoms with Crippen LogP contribution in [0.3, 0.4) is 0 Å². The molecule has 1 heterocycles. The Labute approximate surface area is 140 Å². The molecule has 120 valence electrons. The molecule has 3 rings (SSSR count). The average Bonchev–Trinajstić information content (AvgIpc) is 2.55. The van der Waals surface area contributed by atoms with Gasteiger partial charge in [0.25, 0.3) is 0 Å². The molecule has 1 aliphatic rings. The molecule has 2 nitrogen and oxygen atoms in total. The second-order valence-corrected chi connectivity index (χ2v) is 6.43. The summed E-state index contributed by atoms with van der Waals surface area (Å²) < 4.78 is 13.9. The number of hydrogen-bond donors (Lipinski definition) is 0. The van der Waals surface area contributed by atoms with Gasteiger partial charge in [0.15, 0.2) is 5.78 Å². The van der Waals surface area contributed by atoms with Crippen molar-refractivity contribution in [3.05, 3.63) is 70.0 Å². The lowest BCUT2D eigenvalue weighted by molar-refractivity contribution is 0.103. The fraction of sp³-hybridized carbons (Fsp3) is 0.316. The molecule has 0 aliphatic carbocycles. The molecule has 0 N–H and O–H groups in total. The minimum atomic E-state index is -0.580. The number of carbonyl (C=O) groups excluding carboxylic acids is 1. The molecule has 0 unspecified atom stereocenters. The van der Waals surface area contributed by atoms with E-state index in [1.807, 2.05) is 18.2 Å². The largest absolute Gasteiger partial charge is 0.299 e. The molecule has 0 saturated carbocycles. The minimum absolute atomic E-state index is 0.0597. The van der Waals surface area contributed by atoms with Crippen LogP contribution in [-0.2, 0) is 6.54 Å². The summed E-state index contributed by atoms with van der Waals surface area (Å²) in [6.07, 6.45) is 3.76. The number of hydrogen-bond acceptors (Lipinski definition) is 2. The van der Waals surface area contributed by atoms with Gasteiger partial charge in [-0.1, -0.05) is 36.2 Å². The van der Waals surface area contributed by atoms with E-state index in [0.29, 0.717) is 5.56 Å². The molecule has 2 aromatic rings. The molecule has 0 aromatic heterocycles. The van der Waals surface area contributed by atoms with Crippen LogP contribution < -0.4 is 0 Å². The van der Waals surface area contributed by atoms with Gasteiger partial charge in [0, 0.05) is 17.1 Å². The van der Waals surface area contributed by atoms with E-state index >= 15 is 0 Å². The fourth-order valence-electron chi connectivity index (χ4n) is 3.02. The first-order valence-corrected chi connectivity index (χ1v) is 8.32. The van der Waals surface area contributed by atoms with E-state index in [4.69, 9.17) is 11.6 Å². The van der Waals surface area contributed by atoms with Crippen molar-refractivity contribution in [1.29, 1.82) is 0 Å². The third-order valence-corrected chi connectivity index (χ3v) is 4.45. The molecule has 0 amide bonds. The van der Waals surface area contributed by atoms with Crippen molar-refractivity contribution in [2.24, 2.45) is 0 Å². The van der Waals surface area contributed by atoms with Crippen LogP contribution in [0.1, 0.15) is 40.7 Å². The maximum Gasteiger partial charge on any atom is 0.195 e. The molecule has 23 heavy (non-hydrogen) atoms. The lowest BCUT2D eigenvalue weighted by Gasteiger charge is -2.26. The fourth-order valence-corrected chi connectivity index (χ4v) is 3.17. The molecule has 0 spiro atoms. The molecule has 1 fully saturated rings. The number of nitrogens with zero attached hydrogens (tertiary/aromatic N) is 1. The molecule has 2 aromatic carbocycles. The Morgan fingerprint density at radius 3 is 2.61 bits per heavy atom. The average molecular weight is 332 g/mol. The van der Waals surface area contributed by atoms with Gasteiger partial charge in [0.05, 0.1) is 5.56 Å². The monoisotopic (exact) mass is 331 g/mol. The summed E-state index contributed by atoms with van der Waals surface area (Å²) in [7, 11) is 0. The van der Waals surface area contributed by atoms with E-state index in [2.05, 4.69) is 4.90 Å². The van der Waals surface area contributed by atoms with Gasteiger partial charge in [-0.3, -0.25) is 9.69 Å². The number of benzene rings is 2. The highest BCUT2D eigenvalue weighted by Crippen LogP contribution is 2.20. The smallest absolute Gasteiger partial charge is 0.195 e. The zero-order chi connectivity index (χ0) is 16.2.